The Hall–Kier alpha value is -4.50. The molecule has 0 unspecified atom stereocenters. The maximum Gasteiger partial charge on any atom is 0.257 e. The second-order valence-corrected chi connectivity index (χ2v) is 12.0. The van der Waals surface area contributed by atoms with Gasteiger partial charge in [-0.3, -0.25) is 14.3 Å². The number of hydrogen-bond acceptors (Lipinski definition) is 6. The standard InChI is InChI=1S/C34H39N7O2/c1-23-5-6-26(34(43)41-21-29(22-41)25-9-7-24(8-10-25)28-19-36-39(3)20-28)17-31(23)37-33(42)27-11-12-32(35-18-27)40(4)30-13-15-38(2)16-14-30/h5-12,17-20,29-30H,13-16,21-22H2,1-4H3,(H,37,42). The molecule has 2 aromatic carbocycles. The Morgan fingerprint density at radius 3 is 2.28 bits per heavy atom. The van der Waals surface area contributed by atoms with Crippen molar-refractivity contribution in [2.24, 2.45) is 7.05 Å². The summed E-state index contributed by atoms with van der Waals surface area (Å²) in [7, 11) is 6.14. The average molecular weight is 578 g/mol. The third kappa shape index (κ3) is 6.17. The van der Waals surface area contributed by atoms with Crippen LogP contribution in [-0.2, 0) is 7.05 Å². The van der Waals surface area contributed by atoms with E-state index < -0.39 is 0 Å². The van der Waals surface area contributed by atoms with Crippen LogP contribution in [0.1, 0.15) is 50.6 Å². The number of amides is 2. The molecule has 2 aliphatic rings. The van der Waals surface area contributed by atoms with Crippen molar-refractivity contribution in [1.29, 1.82) is 0 Å². The Balaban J connectivity index is 1.05. The molecule has 222 valence electrons. The summed E-state index contributed by atoms with van der Waals surface area (Å²) in [5.74, 6) is 0.909. The van der Waals surface area contributed by atoms with E-state index in [1.54, 1.807) is 16.9 Å². The predicted octanol–water partition coefficient (Wildman–Crippen LogP) is 4.81. The van der Waals surface area contributed by atoms with Gasteiger partial charge in [0.2, 0.25) is 0 Å². The van der Waals surface area contributed by atoms with Gasteiger partial charge in [0.05, 0.1) is 11.8 Å². The fourth-order valence-corrected chi connectivity index (χ4v) is 5.94. The Morgan fingerprint density at radius 1 is 0.907 bits per heavy atom. The van der Waals surface area contributed by atoms with Crippen LogP contribution in [0.4, 0.5) is 11.5 Å². The summed E-state index contributed by atoms with van der Waals surface area (Å²) >= 11 is 0. The number of rotatable bonds is 7. The van der Waals surface area contributed by atoms with E-state index in [0.29, 0.717) is 41.9 Å². The van der Waals surface area contributed by atoms with Gasteiger partial charge in [-0.15, -0.1) is 0 Å². The summed E-state index contributed by atoms with van der Waals surface area (Å²) in [5.41, 5.74) is 6.02. The molecule has 4 heterocycles. The molecule has 0 aliphatic carbocycles. The largest absolute Gasteiger partial charge is 0.357 e. The topological polar surface area (TPSA) is 86.6 Å². The molecule has 0 spiro atoms. The van der Waals surface area contributed by atoms with E-state index in [-0.39, 0.29) is 11.8 Å². The molecule has 0 bridgehead atoms. The van der Waals surface area contributed by atoms with Crippen molar-refractivity contribution in [3.05, 3.63) is 95.4 Å². The Morgan fingerprint density at radius 2 is 1.63 bits per heavy atom. The molecule has 2 amide bonds. The number of aryl methyl sites for hydroxylation is 2. The van der Waals surface area contributed by atoms with Gasteiger partial charge in [0.1, 0.15) is 5.82 Å². The van der Waals surface area contributed by atoms with E-state index in [2.05, 4.69) is 63.6 Å². The molecule has 9 nitrogen and oxygen atoms in total. The SMILES string of the molecule is Cc1ccc(C(=O)N2CC(c3ccc(-c4cnn(C)c4)cc3)C2)cc1NC(=O)c1ccc(N(C)C2CCN(C)CC2)nc1. The van der Waals surface area contributed by atoms with Gasteiger partial charge < -0.3 is 20.0 Å². The van der Waals surface area contributed by atoms with Gasteiger partial charge in [0.25, 0.3) is 11.8 Å². The van der Waals surface area contributed by atoms with E-state index in [9.17, 15) is 9.59 Å². The van der Waals surface area contributed by atoms with Crippen molar-refractivity contribution < 1.29 is 9.59 Å². The zero-order valence-corrected chi connectivity index (χ0v) is 25.3. The minimum Gasteiger partial charge on any atom is -0.357 e. The number of anilines is 2. The molecule has 0 radical (unpaired) electrons. The van der Waals surface area contributed by atoms with Crippen LogP contribution in [-0.4, -0.2) is 82.7 Å². The number of hydrogen-bond donors (Lipinski definition) is 1. The van der Waals surface area contributed by atoms with Crippen LogP contribution in [0, 0.1) is 6.92 Å². The predicted molar refractivity (Wildman–Crippen MR) is 170 cm³/mol. The van der Waals surface area contributed by atoms with Gasteiger partial charge in [-0.1, -0.05) is 30.3 Å². The summed E-state index contributed by atoms with van der Waals surface area (Å²) in [6, 6.07) is 18.2. The van der Waals surface area contributed by atoms with Crippen molar-refractivity contribution in [1.82, 2.24) is 24.6 Å². The van der Waals surface area contributed by atoms with Gasteiger partial charge >= 0.3 is 0 Å². The van der Waals surface area contributed by atoms with Crippen molar-refractivity contribution in [2.45, 2.75) is 31.7 Å². The van der Waals surface area contributed by atoms with Gasteiger partial charge in [-0.25, -0.2) is 4.98 Å². The van der Waals surface area contributed by atoms with Gasteiger partial charge in [-0.05, 0) is 80.9 Å². The number of benzene rings is 2. The fourth-order valence-electron chi connectivity index (χ4n) is 5.94. The number of carbonyl (C=O) groups excluding carboxylic acids is 2. The molecular weight excluding hydrogens is 538 g/mol. The van der Waals surface area contributed by atoms with Crippen molar-refractivity contribution >= 4 is 23.3 Å². The summed E-state index contributed by atoms with van der Waals surface area (Å²) in [5, 5.41) is 7.24. The first-order chi connectivity index (χ1) is 20.7. The van der Waals surface area contributed by atoms with E-state index >= 15 is 0 Å². The second kappa shape index (κ2) is 12.0. The minimum absolute atomic E-state index is 0.0262. The van der Waals surface area contributed by atoms with Crippen LogP contribution in [0.5, 0.6) is 0 Å². The van der Waals surface area contributed by atoms with Crippen LogP contribution in [0.3, 0.4) is 0 Å². The Bertz CT molecular complexity index is 1600. The number of piperidine rings is 1. The lowest BCUT2D eigenvalue weighted by Crippen LogP contribution is -2.48. The van der Waals surface area contributed by atoms with Gasteiger partial charge in [0, 0.05) is 68.4 Å². The summed E-state index contributed by atoms with van der Waals surface area (Å²) in [6.45, 7) is 5.43. The molecule has 0 atom stereocenters. The average Bonchev–Trinajstić information content (AvgIpc) is 3.44. The molecule has 6 rings (SSSR count). The van der Waals surface area contributed by atoms with E-state index in [1.165, 1.54) is 5.56 Å². The highest BCUT2D eigenvalue weighted by molar-refractivity contribution is 6.05. The number of pyridine rings is 1. The van der Waals surface area contributed by atoms with Crippen LogP contribution < -0.4 is 10.2 Å². The second-order valence-electron chi connectivity index (χ2n) is 12.0. The lowest BCUT2D eigenvalue weighted by atomic mass is 9.90. The molecule has 4 aromatic rings. The van der Waals surface area contributed by atoms with Crippen LogP contribution in [0.2, 0.25) is 0 Å². The first-order valence-electron chi connectivity index (χ1n) is 14.9. The monoisotopic (exact) mass is 577 g/mol. The zero-order valence-electron chi connectivity index (χ0n) is 25.3. The highest BCUT2D eigenvalue weighted by Crippen LogP contribution is 2.31. The summed E-state index contributed by atoms with van der Waals surface area (Å²) in [6.07, 6.45) is 7.69. The van der Waals surface area contributed by atoms with E-state index in [0.717, 1.165) is 48.4 Å². The van der Waals surface area contributed by atoms with Crippen molar-refractivity contribution in [3.8, 4) is 11.1 Å². The fraction of sp³-hybridized carbons (Fsp3) is 0.353. The van der Waals surface area contributed by atoms with E-state index in [1.807, 2.05) is 55.5 Å². The molecule has 2 saturated heterocycles. The highest BCUT2D eigenvalue weighted by Gasteiger charge is 2.32. The third-order valence-corrected chi connectivity index (χ3v) is 8.93. The lowest BCUT2D eigenvalue weighted by Gasteiger charge is -2.39. The first kappa shape index (κ1) is 28.6. The quantitative estimate of drug-likeness (QED) is 0.339. The minimum atomic E-state index is -0.243. The molecule has 43 heavy (non-hydrogen) atoms. The molecule has 2 aromatic heterocycles. The molecule has 9 heteroatoms. The van der Waals surface area contributed by atoms with Crippen LogP contribution in [0.25, 0.3) is 11.1 Å². The number of nitrogens with one attached hydrogen (secondary N) is 1. The molecule has 2 aliphatic heterocycles. The van der Waals surface area contributed by atoms with Crippen LogP contribution in [0.15, 0.2) is 73.2 Å². The third-order valence-electron chi connectivity index (χ3n) is 8.93. The van der Waals surface area contributed by atoms with Gasteiger partial charge in [0.15, 0.2) is 0 Å². The summed E-state index contributed by atoms with van der Waals surface area (Å²) in [4.78, 5) is 37.4. The smallest absolute Gasteiger partial charge is 0.257 e. The van der Waals surface area contributed by atoms with Gasteiger partial charge in [-0.2, -0.15) is 5.10 Å². The summed E-state index contributed by atoms with van der Waals surface area (Å²) < 4.78 is 1.80. The number of likely N-dealkylation sites (tertiary alicyclic amines) is 2. The first-order valence-corrected chi connectivity index (χ1v) is 14.9. The number of aromatic nitrogens is 3. The maximum atomic E-state index is 13.3. The normalized spacial score (nSPS) is 16.1. The van der Waals surface area contributed by atoms with Crippen molar-refractivity contribution in [3.63, 3.8) is 0 Å². The van der Waals surface area contributed by atoms with Crippen LogP contribution >= 0.6 is 0 Å². The Labute approximate surface area is 253 Å². The highest BCUT2D eigenvalue weighted by atomic mass is 16.2. The molecule has 2 fully saturated rings. The molecule has 1 N–H and O–H groups in total. The number of carbonyl (C=O) groups is 2. The van der Waals surface area contributed by atoms with Crippen molar-refractivity contribution in [2.75, 3.05) is 50.5 Å². The molecular formula is C34H39N7O2. The maximum absolute atomic E-state index is 13.3. The Kier molecular flexibility index (Phi) is 7.99. The molecule has 0 saturated carbocycles. The lowest BCUT2D eigenvalue weighted by molar-refractivity contribution is 0.0602. The number of nitrogens with zero attached hydrogens (tertiary/aromatic N) is 6. The van der Waals surface area contributed by atoms with E-state index in [4.69, 9.17) is 0 Å². The zero-order chi connectivity index (χ0) is 30.1.